The zero-order valence-electron chi connectivity index (χ0n) is 8.44. The molecule has 3 N–H and O–H groups in total. The van der Waals surface area contributed by atoms with Gasteiger partial charge in [0.25, 0.3) is 0 Å². The first-order valence-corrected chi connectivity index (χ1v) is 4.63. The van der Waals surface area contributed by atoms with Crippen molar-refractivity contribution in [2.75, 3.05) is 18.5 Å². The molecule has 1 aromatic rings. The van der Waals surface area contributed by atoms with Gasteiger partial charge in [0, 0.05) is 6.07 Å². The highest BCUT2D eigenvalue weighted by Gasteiger charge is 2.26. The van der Waals surface area contributed by atoms with Gasteiger partial charge in [0.15, 0.2) is 0 Å². The fourth-order valence-electron chi connectivity index (χ4n) is 1.11. The quantitative estimate of drug-likeness (QED) is 0.610. The number of aliphatic hydroxyl groups excluding tert-OH is 2. The van der Waals surface area contributed by atoms with Crippen LogP contribution in [-0.4, -0.2) is 38.9 Å². The summed E-state index contributed by atoms with van der Waals surface area (Å²) < 4.78 is 12.7. The van der Waals surface area contributed by atoms with Crippen LogP contribution in [0.25, 0.3) is 0 Å². The SMILES string of the molecule is CCC(CO)(CO)Nc1cc(F)ncn1. The van der Waals surface area contributed by atoms with Crippen molar-refractivity contribution in [1.29, 1.82) is 0 Å². The van der Waals surface area contributed by atoms with Crippen LogP contribution in [0, 0.1) is 5.95 Å². The first kappa shape index (κ1) is 11.8. The van der Waals surface area contributed by atoms with Crippen molar-refractivity contribution in [3.63, 3.8) is 0 Å². The summed E-state index contributed by atoms with van der Waals surface area (Å²) in [6, 6.07) is 1.11. The van der Waals surface area contributed by atoms with Crippen LogP contribution in [0.15, 0.2) is 12.4 Å². The van der Waals surface area contributed by atoms with Gasteiger partial charge in [-0.3, -0.25) is 0 Å². The lowest BCUT2D eigenvalue weighted by atomic mass is 9.98. The van der Waals surface area contributed by atoms with E-state index in [0.717, 1.165) is 12.4 Å². The molecule has 0 saturated carbocycles. The molecule has 0 bridgehead atoms. The fourth-order valence-corrected chi connectivity index (χ4v) is 1.11. The zero-order chi connectivity index (χ0) is 11.3. The lowest BCUT2D eigenvalue weighted by Crippen LogP contribution is -2.45. The Bertz CT molecular complexity index is 310. The first-order valence-electron chi connectivity index (χ1n) is 4.63. The molecule has 0 atom stereocenters. The number of hydrogen-bond acceptors (Lipinski definition) is 5. The zero-order valence-corrected chi connectivity index (χ0v) is 8.44. The fraction of sp³-hybridized carbons (Fsp3) is 0.556. The minimum absolute atomic E-state index is 0.243. The van der Waals surface area contributed by atoms with Crippen molar-refractivity contribution in [3.8, 4) is 0 Å². The monoisotopic (exact) mass is 215 g/mol. The second kappa shape index (κ2) is 4.99. The van der Waals surface area contributed by atoms with Crippen LogP contribution < -0.4 is 5.32 Å². The summed E-state index contributed by atoms with van der Waals surface area (Å²) in [5.74, 6) is -0.416. The molecule has 0 spiro atoms. The third-order valence-electron chi connectivity index (χ3n) is 2.31. The van der Waals surface area contributed by atoms with Crippen LogP contribution in [0.3, 0.4) is 0 Å². The molecule has 15 heavy (non-hydrogen) atoms. The van der Waals surface area contributed by atoms with E-state index in [1.807, 2.05) is 0 Å². The molecule has 0 amide bonds. The van der Waals surface area contributed by atoms with Crippen LogP contribution in [-0.2, 0) is 0 Å². The number of aromatic nitrogens is 2. The number of hydrogen-bond donors (Lipinski definition) is 3. The van der Waals surface area contributed by atoms with Gasteiger partial charge in [-0.25, -0.2) is 9.97 Å². The maximum atomic E-state index is 12.7. The van der Waals surface area contributed by atoms with Crippen LogP contribution in [0.4, 0.5) is 10.2 Å². The van der Waals surface area contributed by atoms with E-state index in [2.05, 4.69) is 15.3 Å². The molecular formula is C9H14FN3O2. The third-order valence-corrected chi connectivity index (χ3v) is 2.31. The lowest BCUT2D eigenvalue weighted by molar-refractivity contribution is 0.132. The van der Waals surface area contributed by atoms with Crippen LogP contribution >= 0.6 is 0 Å². The van der Waals surface area contributed by atoms with E-state index in [1.165, 1.54) is 0 Å². The number of anilines is 1. The molecule has 0 aromatic carbocycles. The van der Waals surface area contributed by atoms with Crippen molar-refractivity contribution >= 4 is 5.82 Å². The summed E-state index contributed by atoms with van der Waals surface area (Å²) in [7, 11) is 0. The highest BCUT2D eigenvalue weighted by atomic mass is 19.1. The predicted octanol–water partition coefficient (Wildman–Crippen LogP) is 0.161. The van der Waals surface area contributed by atoms with E-state index < -0.39 is 11.5 Å². The molecule has 0 fully saturated rings. The molecule has 84 valence electrons. The van der Waals surface area contributed by atoms with Gasteiger partial charge in [0.05, 0.1) is 18.8 Å². The highest BCUT2D eigenvalue weighted by molar-refractivity contribution is 5.36. The Balaban J connectivity index is 2.82. The molecule has 1 rings (SSSR count). The smallest absolute Gasteiger partial charge is 0.217 e. The Labute approximate surface area is 87.0 Å². The summed E-state index contributed by atoms with van der Waals surface area (Å²) in [4.78, 5) is 7.09. The minimum Gasteiger partial charge on any atom is -0.394 e. The lowest BCUT2D eigenvalue weighted by Gasteiger charge is -2.30. The molecule has 1 heterocycles. The number of aliphatic hydroxyl groups is 2. The average Bonchev–Trinajstić information content (AvgIpc) is 2.26. The van der Waals surface area contributed by atoms with Gasteiger partial charge >= 0.3 is 0 Å². The molecule has 0 aliphatic carbocycles. The Kier molecular flexibility index (Phi) is 3.93. The summed E-state index contributed by atoms with van der Waals surface area (Å²) in [5.41, 5.74) is -0.874. The number of halogens is 1. The van der Waals surface area contributed by atoms with E-state index in [0.29, 0.717) is 6.42 Å². The van der Waals surface area contributed by atoms with Gasteiger partial charge in [-0.1, -0.05) is 6.92 Å². The molecule has 0 unspecified atom stereocenters. The summed E-state index contributed by atoms with van der Waals surface area (Å²) >= 11 is 0. The highest BCUT2D eigenvalue weighted by Crippen LogP contribution is 2.16. The number of nitrogens with zero attached hydrogens (tertiary/aromatic N) is 2. The third kappa shape index (κ3) is 2.84. The molecule has 0 aliphatic heterocycles. The average molecular weight is 215 g/mol. The normalized spacial score (nSPS) is 11.5. The Hall–Kier alpha value is -1.27. The Morgan fingerprint density at radius 3 is 2.53 bits per heavy atom. The second-order valence-corrected chi connectivity index (χ2v) is 3.30. The van der Waals surface area contributed by atoms with Gasteiger partial charge in [0.2, 0.25) is 5.95 Å². The van der Waals surface area contributed by atoms with Crippen molar-refractivity contribution in [2.24, 2.45) is 0 Å². The van der Waals surface area contributed by atoms with Gasteiger partial charge < -0.3 is 15.5 Å². The Morgan fingerprint density at radius 1 is 1.40 bits per heavy atom. The largest absolute Gasteiger partial charge is 0.394 e. The maximum absolute atomic E-state index is 12.7. The molecule has 6 heteroatoms. The number of nitrogens with one attached hydrogen (secondary N) is 1. The van der Waals surface area contributed by atoms with Gasteiger partial charge in [-0.15, -0.1) is 0 Å². The summed E-state index contributed by atoms with van der Waals surface area (Å²) in [6.07, 6.45) is 1.57. The standard InChI is InChI=1S/C9H14FN3O2/c1-2-9(4-14,5-15)13-8-3-7(10)11-6-12-8/h3,6,14-15H,2,4-5H2,1H3,(H,11,12,13). The minimum atomic E-state index is -0.874. The van der Waals surface area contributed by atoms with E-state index in [9.17, 15) is 4.39 Å². The molecule has 5 nitrogen and oxygen atoms in total. The molecule has 0 saturated heterocycles. The maximum Gasteiger partial charge on any atom is 0.217 e. The summed E-state index contributed by atoms with van der Waals surface area (Å²) in [5, 5.41) is 21.1. The van der Waals surface area contributed by atoms with Crippen LogP contribution in [0.5, 0.6) is 0 Å². The summed E-state index contributed by atoms with van der Waals surface area (Å²) in [6.45, 7) is 1.29. The topological polar surface area (TPSA) is 78.3 Å². The van der Waals surface area contributed by atoms with Crippen molar-refractivity contribution in [2.45, 2.75) is 18.9 Å². The Morgan fingerprint density at radius 2 is 2.07 bits per heavy atom. The molecule has 1 aromatic heterocycles. The van der Waals surface area contributed by atoms with Crippen LogP contribution in [0.1, 0.15) is 13.3 Å². The van der Waals surface area contributed by atoms with Crippen molar-refractivity contribution in [1.82, 2.24) is 9.97 Å². The second-order valence-electron chi connectivity index (χ2n) is 3.30. The molecular weight excluding hydrogens is 201 g/mol. The van der Waals surface area contributed by atoms with Gasteiger partial charge in [0.1, 0.15) is 12.1 Å². The van der Waals surface area contributed by atoms with Gasteiger partial charge in [-0.2, -0.15) is 4.39 Å². The predicted molar refractivity (Wildman–Crippen MR) is 52.8 cm³/mol. The van der Waals surface area contributed by atoms with Crippen LogP contribution in [0.2, 0.25) is 0 Å². The molecule has 0 radical (unpaired) electrons. The van der Waals surface area contributed by atoms with Crippen molar-refractivity contribution < 1.29 is 14.6 Å². The van der Waals surface area contributed by atoms with E-state index in [4.69, 9.17) is 10.2 Å². The van der Waals surface area contributed by atoms with Crippen molar-refractivity contribution in [3.05, 3.63) is 18.3 Å². The van der Waals surface area contributed by atoms with Gasteiger partial charge in [-0.05, 0) is 6.42 Å². The number of rotatable bonds is 5. The van der Waals surface area contributed by atoms with E-state index in [1.54, 1.807) is 6.92 Å². The molecule has 0 aliphatic rings. The van der Waals surface area contributed by atoms with E-state index >= 15 is 0 Å². The van der Waals surface area contributed by atoms with E-state index in [-0.39, 0.29) is 19.0 Å². The first-order chi connectivity index (χ1) is 7.15.